The summed E-state index contributed by atoms with van der Waals surface area (Å²) in [4.78, 5) is 123. The number of ether oxygens (including phenoxy) is 3. The number of benzene rings is 10. The van der Waals surface area contributed by atoms with E-state index in [2.05, 4.69) is 85.8 Å². The molecular weight excluding hydrogens is 1220 g/mol. The number of esters is 6. The van der Waals surface area contributed by atoms with E-state index in [-0.39, 0.29) is 50.1 Å². The molecule has 0 fully saturated rings. The molecule has 0 radical (unpaired) electrons. The molecule has 5 aliphatic heterocycles. The van der Waals surface area contributed by atoms with Crippen LogP contribution < -0.4 is 11.5 Å². The van der Waals surface area contributed by atoms with E-state index in [1.54, 1.807) is 78.9 Å². The highest BCUT2D eigenvalue weighted by atomic mass is 16.6. The summed E-state index contributed by atoms with van der Waals surface area (Å²) in [7, 11) is 1.50. The molecule has 4 N–H and O–H groups in total. The van der Waals surface area contributed by atoms with Crippen LogP contribution in [0.2, 0.25) is 0 Å². The van der Waals surface area contributed by atoms with E-state index in [1.165, 1.54) is 30.3 Å². The summed E-state index contributed by atoms with van der Waals surface area (Å²) in [6, 6.07) is 70.8. The van der Waals surface area contributed by atoms with E-state index >= 15 is 0 Å². The molecule has 0 saturated heterocycles. The minimum Gasteiger partial charge on any atom is -0.399 e. The van der Waals surface area contributed by atoms with E-state index in [4.69, 9.17) is 5.73 Å². The number of carbonyl (C=O) groups is 10. The molecule has 0 unspecified atom stereocenters. The molecule has 10 aromatic rings. The summed E-state index contributed by atoms with van der Waals surface area (Å²) in [5.41, 5.74) is 21.6. The molecular formula is C80H52N4O13. The molecule has 470 valence electrons. The average molecular weight is 1280 g/mol. The van der Waals surface area contributed by atoms with Crippen LogP contribution in [0.3, 0.4) is 0 Å². The summed E-state index contributed by atoms with van der Waals surface area (Å²) < 4.78 is 13.7. The van der Waals surface area contributed by atoms with Gasteiger partial charge in [-0.1, -0.05) is 151 Å². The topological polar surface area (TPSA) is 257 Å². The number of rotatable bonds is 6. The largest absolute Gasteiger partial charge is 0.399 e. The number of imide groups is 2. The average Bonchev–Trinajstić information content (AvgIpc) is 1.65. The number of nitrogens with two attached hydrogens (primary N) is 2. The van der Waals surface area contributed by atoms with Crippen LogP contribution in [0.5, 0.6) is 0 Å². The second kappa shape index (κ2) is 29.3. The molecule has 0 spiro atoms. The van der Waals surface area contributed by atoms with E-state index in [1.807, 2.05) is 115 Å². The number of hydrogen-bond acceptors (Lipinski definition) is 15. The predicted molar refractivity (Wildman–Crippen MR) is 358 cm³/mol. The van der Waals surface area contributed by atoms with E-state index < -0.39 is 66.1 Å². The number of carbonyl (C=O) groups excluding carboxylic acids is 10. The Morgan fingerprint density at radius 2 is 0.649 bits per heavy atom. The van der Waals surface area contributed by atoms with Gasteiger partial charge in [0.25, 0.3) is 23.6 Å². The van der Waals surface area contributed by atoms with Gasteiger partial charge in [0.2, 0.25) is 0 Å². The van der Waals surface area contributed by atoms with Crippen molar-refractivity contribution < 1.29 is 62.2 Å². The third-order valence-electron chi connectivity index (χ3n) is 15.3. The number of cyclic esters (lactones) is 6. The Bertz CT molecular complexity index is 4960. The molecule has 0 saturated carbocycles. The first-order chi connectivity index (χ1) is 47.1. The summed E-state index contributed by atoms with van der Waals surface area (Å²) in [6.45, 7) is -0.477. The Morgan fingerprint density at radius 1 is 0.289 bits per heavy atom. The molecule has 5 heterocycles. The Hall–Kier alpha value is -13.7. The zero-order valence-electron chi connectivity index (χ0n) is 51.5. The fourth-order valence-electron chi connectivity index (χ4n) is 10.6. The van der Waals surface area contributed by atoms with Crippen LogP contribution in [0.4, 0.5) is 5.69 Å². The third kappa shape index (κ3) is 14.8. The zero-order valence-corrected chi connectivity index (χ0v) is 51.5. The zero-order chi connectivity index (χ0) is 68.1. The molecule has 0 aromatic heterocycles. The highest BCUT2D eigenvalue weighted by molar-refractivity contribution is 6.24. The lowest BCUT2D eigenvalue weighted by Gasteiger charge is -2.20. The third-order valence-corrected chi connectivity index (χ3v) is 15.3. The van der Waals surface area contributed by atoms with Gasteiger partial charge < -0.3 is 25.7 Å². The van der Waals surface area contributed by atoms with E-state index in [0.29, 0.717) is 34.2 Å². The number of nitrogen functional groups attached to an aromatic ring is 1. The highest BCUT2D eigenvalue weighted by Crippen LogP contribution is 2.31. The van der Waals surface area contributed by atoms with Crippen molar-refractivity contribution in [2.75, 3.05) is 19.5 Å². The molecule has 97 heavy (non-hydrogen) atoms. The van der Waals surface area contributed by atoms with Crippen molar-refractivity contribution in [3.63, 3.8) is 0 Å². The van der Waals surface area contributed by atoms with Gasteiger partial charge in [-0.2, -0.15) is 0 Å². The molecule has 17 nitrogen and oxygen atoms in total. The van der Waals surface area contributed by atoms with Crippen molar-refractivity contribution in [3.8, 4) is 35.5 Å². The fourth-order valence-corrected chi connectivity index (χ4v) is 10.6. The molecule has 15 rings (SSSR count). The highest BCUT2D eigenvalue weighted by Gasteiger charge is 2.43. The monoisotopic (exact) mass is 1280 g/mol. The molecule has 0 atom stereocenters. The minimum absolute atomic E-state index is 0.190. The fraction of sp³-hybridized carbons (Fsp3) is 0.0500. The summed E-state index contributed by atoms with van der Waals surface area (Å²) in [5.74, 6) is 11.8. The second-order valence-electron chi connectivity index (χ2n) is 21.7. The first-order valence-corrected chi connectivity index (χ1v) is 30.0. The van der Waals surface area contributed by atoms with Crippen LogP contribution in [-0.2, 0) is 27.1 Å². The van der Waals surface area contributed by atoms with Crippen molar-refractivity contribution in [2.45, 2.75) is 12.8 Å². The molecule has 0 aliphatic carbocycles. The molecule has 17 heteroatoms. The van der Waals surface area contributed by atoms with Crippen LogP contribution >= 0.6 is 0 Å². The number of hydrogen-bond donors (Lipinski definition) is 2. The molecule has 4 amide bonds. The van der Waals surface area contributed by atoms with Gasteiger partial charge in [0.1, 0.15) is 6.67 Å². The number of fused-ring (bicyclic) bond motifs is 5. The Kier molecular flexibility index (Phi) is 19.6. The lowest BCUT2D eigenvalue weighted by atomic mass is 9.95. The van der Waals surface area contributed by atoms with Gasteiger partial charge in [-0.25, -0.2) is 28.8 Å². The maximum atomic E-state index is 13.2. The van der Waals surface area contributed by atoms with Crippen LogP contribution in [0.1, 0.15) is 159 Å². The normalized spacial score (nSPS) is 13.0. The summed E-state index contributed by atoms with van der Waals surface area (Å²) >= 11 is 0. The van der Waals surface area contributed by atoms with Gasteiger partial charge in [0, 0.05) is 39.1 Å². The Morgan fingerprint density at radius 3 is 1.13 bits per heavy atom. The van der Waals surface area contributed by atoms with Crippen molar-refractivity contribution in [1.29, 1.82) is 0 Å². The summed E-state index contributed by atoms with van der Waals surface area (Å²) in [5, 5.41) is 0. The molecule has 10 aromatic carbocycles. The number of amides is 4. The minimum atomic E-state index is -0.681. The summed E-state index contributed by atoms with van der Waals surface area (Å²) in [6.07, 6.45) is 1.27. The lowest BCUT2D eigenvalue weighted by molar-refractivity contribution is 0.0425. The van der Waals surface area contributed by atoms with Crippen LogP contribution in [-0.4, -0.2) is 83.0 Å². The van der Waals surface area contributed by atoms with Gasteiger partial charge in [-0.3, -0.25) is 29.0 Å². The van der Waals surface area contributed by atoms with Gasteiger partial charge in [0.15, 0.2) is 0 Å². The first-order valence-electron chi connectivity index (χ1n) is 30.0. The van der Waals surface area contributed by atoms with Crippen LogP contribution in [0, 0.1) is 35.5 Å². The Labute approximate surface area is 555 Å². The SMILES string of the molecule is CN.Nc1cccc(Cc2ccccc2)c1.O=C1OC(=O)c2cc(C#Cc3ccccc3)ccc21.O=C1OC(=O)c2cc(Cc3cccc4c3C(=O)OC4=O)ccc21.O=C1c2ccc(C#Cc3ccccc3)cc2C(=O)N1CN1C(=O)c2ccc(C#Cc3ccccc3)cc2C1=O. The number of anilines is 1. The van der Waals surface area contributed by atoms with Crippen molar-refractivity contribution in [1.82, 2.24) is 9.80 Å². The maximum Gasteiger partial charge on any atom is 0.347 e. The smallest absolute Gasteiger partial charge is 0.347 e. The van der Waals surface area contributed by atoms with E-state index in [9.17, 15) is 47.9 Å². The standard InChI is InChI=1S/C33H18N2O4.C17H8O6.C16H8O3.C13H13N.CH5N/c36-30-26-17-15-24(13-11-22-7-3-1-4-8-22)19-28(26)32(38)34(30)21-35-31(37)27-18-16-25(20-29(27)33(35)39)14-12-23-9-5-2-6-10-23;18-14-10-5-4-8(7-12(10)16(20)22-14)6-9-2-1-3-11-13(9)17(21)23-15(11)19;17-15-13-9-8-12(10-14(13)16(18)19-15)7-6-11-4-2-1-3-5-11;14-13-8-4-7-12(10-13)9-11-5-2-1-3-6-11;1-2/h1-10,15-20H,21H2;1-5,7H,6H2;1-5,8-10H;1-8,10H,9,14H2;2H2,1H3. The van der Waals surface area contributed by atoms with E-state index in [0.717, 1.165) is 44.2 Å². The van der Waals surface area contributed by atoms with Crippen molar-refractivity contribution in [2.24, 2.45) is 5.73 Å². The van der Waals surface area contributed by atoms with Crippen molar-refractivity contribution in [3.05, 3.63) is 348 Å². The van der Waals surface area contributed by atoms with Crippen LogP contribution in [0.25, 0.3) is 0 Å². The Balaban J connectivity index is 0.000000140. The quantitative estimate of drug-likeness (QED) is 0.0392. The first kappa shape index (κ1) is 64.9. The van der Waals surface area contributed by atoms with Gasteiger partial charge in [-0.15, -0.1) is 0 Å². The maximum absolute atomic E-state index is 13.2. The predicted octanol–water partition coefficient (Wildman–Crippen LogP) is 11.1. The second-order valence-corrected chi connectivity index (χ2v) is 21.7. The van der Waals surface area contributed by atoms with Gasteiger partial charge >= 0.3 is 35.8 Å². The van der Waals surface area contributed by atoms with Gasteiger partial charge in [-0.05, 0) is 163 Å². The lowest BCUT2D eigenvalue weighted by Crippen LogP contribution is -2.43. The van der Waals surface area contributed by atoms with Crippen molar-refractivity contribution >= 4 is 65.1 Å². The number of nitrogens with zero attached hydrogens (tertiary/aromatic N) is 2. The molecule has 0 bridgehead atoms. The van der Waals surface area contributed by atoms with Gasteiger partial charge in [0.05, 0.1) is 55.6 Å². The van der Waals surface area contributed by atoms with Crippen LogP contribution in [0.15, 0.2) is 237 Å². The molecule has 5 aliphatic rings.